The van der Waals surface area contributed by atoms with Gasteiger partial charge in [-0.2, -0.15) is 0 Å². The van der Waals surface area contributed by atoms with Crippen LogP contribution in [-0.4, -0.2) is 12.5 Å². The van der Waals surface area contributed by atoms with Crippen molar-refractivity contribution < 1.29 is 4.79 Å². The van der Waals surface area contributed by atoms with Crippen LogP contribution in [-0.2, 0) is 4.79 Å². The number of carbonyl (C=O) groups is 1. The van der Waals surface area contributed by atoms with Crippen LogP contribution in [0.25, 0.3) is 0 Å². The van der Waals surface area contributed by atoms with Crippen molar-refractivity contribution in [2.75, 3.05) is 11.9 Å². The van der Waals surface area contributed by atoms with Gasteiger partial charge < -0.3 is 10.6 Å². The Bertz CT molecular complexity index is 616. The Kier molecular flexibility index (Phi) is 5.79. The van der Waals surface area contributed by atoms with E-state index in [4.69, 9.17) is 11.6 Å². The van der Waals surface area contributed by atoms with E-state index in [-0.39, 0.29) is 18.5 Å². The summed E-state index contributed by atoms with van der Waals surface area (Å²) in [5.41, 5.74) is 1.83. The van der Waals surface area contributed by atoms with Gasteiger partial charge in [0.2, 0.25) is 5.91 Å². The normalized spacial score (nSPS) is 12.0. The molecular formula is C16H16BrClN2O. The van der Waals surface area contributed by atoms with Crippen LogP contribution in [0.15, 0.2) is 53.0 Å². The summed E-state index contributed by atoms with van der Waals surface area (Å²) in [4.78, 5) is 11.9. The second kappa shape index (κ2) is 7.59. The molecule has 0 bridgehead atoms. The Morgan fingerprint density at radius 1 is 1.24 bits per heavy atom. The molecule has 0 aliphatic rings. The third-order valence-corrected chi connectivity index (χ3v) is 3.81. The fourth-order valence-electron chi connectivity index (χ4n) is 1.89. The second-order valence-electron chi connectivity index (χ2n) is 4.71. The molecule has 110 valence electrons. The first-order valence-electron chi connectivity index (χ1n) is 6.59. The molecule has 0 unspecified atom stereocenters. The van der Waals surface area contributed by atoms with Gasteiger partial charge in [-0.3, -0.25) is 4.79 Å². The van der Waals surface area contributed by atoms with Gasteiger partial charge in [-0.1, -0.05) is 45.7 Å². The minimum atomic E-state index is -0.0961. The Morgan fingerprint density at radius 2 is 1.95 bits per heavy atom. The van der Waals surface area contributed by atoms with Gasteiger partial charge in [0.15, 0.2) is 0 Å². The quantitative estimate of drug-likeness (QED) is 0.823. The molecule has 0 saturated carbocycles. The van der Waals surface area contributed by atoms with Gasteiger partial charge in [0.25, 0.3) is 0 Å². The lowest BCUT2D eigenvalue weighted by Gasteiger charge is -2.14. The molecule has 0 fully saturated rings. The molecule has 21 heavy (non-hydrogen) atoms. The minimum absolute atomic E-state index is 0.0961. The molecule has 0 aliphatic carbocycles. The molecule has 0 saturated heterocycles. The summed E-state index contributed by atoms with van der Waals surface area (Å²) in [6.07, 6.45) is 0. The summed E-state index contributed by atoms with van der Waals surface area (Å²) in [6.45, 7) is 2.26. The van der Waals surface area contributed by atoms with E-state index in [1.54, 1.807) is 18.2 Å². The van der Waals surface area contributed by atoms with E-state index in [0.717, 1.165) is 10.0 Å². The molecule has 0 spiro atoms. The SMILES string of the molecule is C[C@@H](NCC(=O)Nc1cccc(Cl)c1)c1ccc(Br)cc1. The predicted octanol–water partition coefficient (Wildman–Crippen LogP) is 4.39. The van der Waals surface area contributed by atoms with Crippen molar-refractivity contribution in [3.63, 3.8) is 0 Å². The number of hydrogen-bond acceptors (Lipinski definition) is 2. The maximum atomic E-state index is 11.9. The predicted molar refractivity (Wildman–Crippen MR) is 90.6 cm³/mol. The first kappa shape index (κ1) is 16.0. The van der Waals surface area contributed by atoms with E-state index >= 15 is 0 Å². The molecule has 5 heteroatoms. The molecule has 3 nitrogen and oxygen atoms in total. The number of rotatable bonds is 5. The van der Waals surface area contributed by atoms with Crippen LogP contribution in [0.1, 0.15) is 18.5 Å². The van der Waals surface area contributed by atoms with Gasteiger partial charge in [-0.15, -0.1) is 0 Å². The summed E-state index contributed by atoms with van der Waals surface area (Å²) in [7, 11) is 0. The summed E-state index contributed by atoms with van der Waals surface area (Å²) >= 11 is 9.28. The van der Waals surface area contributed by atoms with Crippen molar-refractivity contribution in [2.45, 2.75) is 13.0 Å². The molecule has 1 amide bonds. The largest absolute Gasteiger partial charge is 0.325 e. The first-order valence-corrected chi connectivity index (χ1v) is 7.76. The first-order chi connectivity index (χ1) is 10.0. The fraction of sp³-hybridized carbons (Fsp3) is 0.188. The Balaban J connectivity index is 1.84. The third kappa shape index (κ3) is 5.16. The summed E-state index contributed by atoms with van der Waals surface area (Å²) in [6, 6.07) is 15.2. The number of carbonyl (C=O) groups excluding carboxylic acids is 1. The van der Waals surface area contributed by atoms with E-state index in [1.165, 1.54) is 0 Å². The summed E-state index contributed by atoms with van der Waals surface area (Å²) in [5.74, 6) is -0.0961. The summed E-state index contributed by atoms with van der Waals surface area (Å²) in [5, 5.41) is 6.60. The number of anilines is 1. The number of amides is 1. The maximum Gasteiger partial charge on any atom is 0.238 e. The zero-order chi connectivity index (χ0) is 15.2. The second-order valence-corrected chi connectivity index (χ2v) is 6.06. The average Bonchev–Trinajstić information content (AvgIpc) is 2.45. The van der Waals surface area contributed by atoms with E-state index in [2.05, 4.69) is 26.6 Å². The van der Waals surface area contributed by atoms with Crippen molar-refractivity contribution in [2.24, 2.45) is 0 Å². The van der Waals surface area contributed by atoms with E-state index in [9.17, 15) is 4.79 Å². The smallest absolute Gasteiger partial charge is 0.238 e. The van der Waals surface area contributed by atoms with Crippen LogP contribution in [0.5, 0.6) is 0 Å². The van der Waals surface area contributed by atoms with Crippen molar-refractivity contribution in [1.82, 2.24) is 5.32 Å². The molecule has 0 aromatic heterocycles. The van der Waals surface area contributed by atoms with E-state index < -0.39 is 0 Å². The molecule has 0 aliphatic heterocycles. The van der Waals surface area contributed by atoms with Crippen LogP contribution in [0.2, 0.25) is 5.02 Å². The van der Waals surface area contributed by atoms with Crippen molar-refractivity contribution in [1.29, 1.82) is 0 Å². The summed E-state index contributed by atoms with van der Waals surface area (Å²) < 4.78 is 1.04. The minimum Gasteiger partial charge on any atom is -0.325 e. The fourth-order valence-corrected chi connectivity index (χ4v) is 2.34. The van der Waals surface area contributed by atoms with Gasteiger partial charge in [0, 0.05) is 21.2 Å². The molecule has 0 heterocycles. The lowest BCUT2D eigenvalue weighted by Crippen LogP contribution is -2.30. The number of nitrogens with one attached hydrogen (secondary N) is 2. The van der Waals surface area contributed by atoms with Gasteiger partial charge in [0.1, 0.15) is 0 Å². The highest BCUT2D eigenvalue weighted by Crippen LogP contribution is 2.17. The zero-order valence-corrected chi connectivity index (χ0v) is 13.9. The van der Waals surface area contributed by atoms with Gasteiger partial charge >= 0.3 is 0 Å². The highest BCUT2D eigenvalue weighted by atomic mass is 79.9. The molecule has 2 N–H and O–H groups in total. The molecule has 2 rings (SSSR count). The van der Waals surface area contributed by atoms with Gasteiger partial charge in [0.05, 0.1) is 6.54 Å². The van der Waals surface area contributed by atoms with Gasteiger partial charge in [-0.25, -0.2) is 0 Å². The number of halogens is 2. The zero-order valence-electron chi connectivity index (χ0n) is 11.6. The van der Waals surface area contributed by atoms with Crippen LogP contribution in [0.3, 0.4) is 0 Å². The van der Waals surface area contributed by atoms with E-state index in [1.807, 2.05) is 37.3 Å². The Morgan fingerprint density at radius 3 is 2.62 bits per heavy atom. The van der Waals surface area contributed by atoms with Crippen LogP contribution in [0, 0.1) is 0 Å². The number of benzene rings is 2. The van der Waals surface area contributed by atoms with Crippen LogP contribution < -0.4 is 10.6 Å². The highest BCUT2D eigenvalue weighted by Gasteiger charge is 2.08. The van der Waals surface area contributed by atoms with Gasteiger partial charge in [-0.05, 0) is 42.8 Å². The average molecular weight is 368 g/mol. The molecule has 2 aromatic rings. The Labute approximate surface area is 137 Å². The molecular weight excluding hydrogens is 352 g/mol. The van der Waals surface area contributed by atoms with Crippen LogP contribution in [0.4, 0.5) is 5.69 Å². The third-order valence-electron chi connectivity index (χ3n) is 3.05. The highest BCUT2D eigenvalue weighted by molar-refractivity contribution is 9.10. The maximum absolute atomic E-state index is 11.9. The van der Waals surface area contributed by atoms with E-state index in [0.29, 0.717) is 10.7 Å². The lowest BCUT2D eigenvalue weighted by molar-refractivity contribution is -0.115. The molecule has 1 atom stereocenters. The van der Waals surface area contributed by atoms with Crippen LogP contribution >= 0.6 is 27.5 Å². The van der Waals surface area contributed by atoms with Crippen molar-refractivity contribution in [3.05, 3.63) is 63.6 Å². The van der Waals surface area contributed by atoms with Crippen molar-refractivity contribution >= 4 is 39.1 Å². The number of hydrogen-bond donors (Lipinski definition) is 2. The Hall–Kier alpha value is -1.36. The van der Waals surface area contributed by atoms with Crippen molar-refractivity contribution in [3.8, 4) is 0 Å². The molecule has 0 radical (unpaired) electrons. The standard InChI is InChI=1S/C16H16BrClN2O/c1-11(12-5-7-13(17)8-6-12)19-10-16(21)20-15-4-2-3-14(18)9-15/h2-9,11,19H,10H2,1H3,(H,20,21)/t11-/m1/s1. The topological polar surface area (TPSA) is 41.1 Å². The molecule has 2 aromatic carbocycles. The monoisotopic (exact) mass is 366 g/mol. The lowest BCUT2D eigenvalue weighted by atomic mass is 10.1.